The van der Waals surface area contributed by atoms with Crippen molar-refractivity contribution in [1.29, 1.82) is 0 Å². The van der Waals surface area contributed by atoms with Gasteiger partial charge in [0.1, 0.15) is 0 Å². The molecule has 1 fully saturated rings. The number of hydrogen-bond acceptors (Lipinski definition) is 5. The van der Waals surface area contributed by atoms with E-state index in [1.165, 1.54) is 23.0 Å². The van der Waals surface area contributed by atoms with Crippen LogP contribution >= 0.6 is 11.3 Å². The normalized spacial score (nSPS) is 15.1. The Morgan fingerprint density at radius 1 is 1.06 bits per heavy atom. The van der Waals surface area contributed by atoms with Crippen LogP contribution in [0.2, 0.25) is 0 Å². The predicted molar refractivity (Wildman–Crippen MR) is 131 cm³/mol. The molecule has 6 nitrogen and oxygen atoms in total. The van der Waals surface area contributed by atoms with Crippen LogP contribution in [0.4, 0.5) is 5.13 Å². The third-order valence-electron chi connectivity index (χ3n) is 5.69. The van der Waals surface area contributed by atoms with Crippen molar-refractivity contribution in [2.75, 3.05) is 38.5 Å². The number of nitrogens with zero attached hydrogens (tertiary/aromatic N) is 3. The highest BCUT2D eigenvalue weighted by atomic mass is 32.1. The fraction of sp³-hybridized carbons (Fsp3) is 0.320. The lowest BCUT2D eigenvalue weighted by Crippen LogP contribution is -2.47. The first-order chi connectivity index (χ1) is 15.4. The largest absolute Gasteiger partial charge is 0.336 e. The summed E-state index contributed by atoms with van der Waals surface area (Å²) in [6.45, 7) is 7.57. The number of hydrogen-bond donors (Lipinski definition) is 1. The molecule has 2 amide bonds. The van der Waals surface area contributed by atoms with Crippen molar-refractivity contribution < 1.29 is 9.59 Å². The molecule has 0 bridgehead atoms. The summed E-state index contributed by atoms with van der Waals surface area (Å²) in [5, 5.41) is 3.35. The fourth-order valence-corrected chi connectivity index (χ4v) is 4.52. The lowest BCUT2D eigenvalue weighted by molar-refractivity contribution is -0.111. The van der Waals surface area contributed by atoms with Gasteiger partial charge in [-0.2, -0.15) is 0 Å². The zero-order chi connectivity index (χ0) is 22.7. The van der Waals surface area contributed by atoms with E-state index in [1.54, 1.807) is 6.08 Å². The molecule has 0 aliphatic carbocycles. The first-order valence-corrected chi connectivity index (χ1v) is 11.7. The second kappa shape index (κ2) is 9.63. The van der Waals surface area contributed by atoms with Gasteiger partial charge in [-0.05, 0) is 48.4 Å². The highest BCUT2D eigenvalue weighted by molar-refractivity contribution is 7.22. The topological polar surface area (TPSA) is 65.5 Å². The Balaban J connectivity index is 1.41. The molecule has 1 aromatic heterocycles. The van der Waals surface area contributed by atoms with Crippen LogP contribution in [0.25, 0.3) is 16.3 Å². The number of benzene rings is 2. The smallest absolute Gasteiger partial charge is 0.253 e. The van der Waals surface area contributed by atoms with E-state index in [2.05, 4.69) is 48.2 Å². The van der Waals surface area contributed by atoms with Gasteiger partial charge in [0.15, 0.2) is 5.13 Å². The van der Waals surface area contributed by atoms with Crippen molar-refractivity contribution in [1.82, 2.24) is 14.8 Å². The molecule has 7 heteroatoms. The minimum Gasteiger partial charge on any atom is -0.336 e. The molecule has 0 radical (unpaired) electrons. The Morgan fingerprint density at radius 3 is 2.47 bits per heavy atom. The summed E-state index contributed by atoms with van der Waals surface area (Å²) < 4.78 is 0.883. The summed E-state index contributed by atoms with van der Waals surface area (Å²) in [5.74, 6) is 0.295. The third kappa shape index (κ3) is 5.23. The van der Waals surface area contributed by atoms with Crippen LogP contribution < -0.4 is 5.32 Å². The molecule has 1 saturated heterocycles. The fourth-order valence-electron chi connectivity index (χ4n) is 3.61. The molecule has 1 aliphatic heterocycles. The quantitative estimate of drug-likeness (QED) is 0.586. The summed E-state index contributed by atoms with van der Waals surface area (Å²) in [6, 6.07) is 13.7. The molecule has 1 aliphatic rings. The van der Waals surface area contributed by atoms with Gasteiger partial charge in [0, 0.05) is 37.8 Å². The number of anilines is 1. The van der Waals surface area contributed by atoms with Crippen molar-refractivity contribution in [3.63, 3.8) is 0 Å². The Morgan fingerprint density at radius 2 is 1.78 bits per heavy atom. The molecule has 0 unspecified atom stereocenters. The Kier molecular flexibility index (Phi) is 6.67. The Hall–Kier alpha value is -3.03. The van der Waals surface area contributed by atoms with Crippen molar-refractivity contribution in [2.45, 2.75) is 19.8 Å². The molecule has 166 valence electrons. The summed E-state index contributed by atoms with van der Waals surface area (Å²) in [6.07, 6.45) is 3.30. The summed E-state index contributed by atoms with van der Waals surface area (Å²) in [7, 11) is 2.07. The number of nitrogens with one attached hydrogen (secondary N) is 1. The number of aromatic nitrogens is 1. The monoisotopic (exact) mass is 448 g/mol. The molecule has 2 aromatic carbocycles. The standard InChI is InChI=1S/C25H28N4O2S/c1-17(2)19-7-4-18(5-8-19)6-11-23(30)27-25-26-21-10-9-20(16-22(21)32-25)24(31)29-14-12-28(3)13-15-29/h4-11,16-17H,12-15H2,1-3H3,(H,26,27,30)/b11-6+. The van der Waals surface area contributed by atoms with Crippen molar-refractivity contribution in [3.05, 3.63) is 65.2 Å². The van der Waals surface area contributed by atoms with Crippen LogP contribution in [0.15, 0.2) is 48.5 Å². The van der Waals surface area contributed by atoms with E-state index in [0.717, 1.165) is 42.0 Å². The maximum Gasteiger partial charge on any atom is 0.253 e. The molecule has 2 heterocycles. The molecule has 1 N–H and O–H groups in total. The molecule has 0 atom stereocenters. The van der Waals surface area contributed by atoms with Gasteiger partial charge in [0.25, 0.3) is 5.91 Å². The van der Waals surface area contributed by atoms with E-state index in [9.17, 15) is 9.59 Å². The Bertz CT molecular complexity index is 1140. The number of fused-ring (bicyclic) bond motifs is 1. The van der Waals surface area contributed by atoms with E-state index in [4.69, 9.17) is 0 Å². The lowest BCUT2D eigenvalue weighted by Gasteiger charge is -2.32. The van der Waals surface area contributed by atoms with Gasteiger partial charge in [0.2, 0.25) is 5.91 Å². The van der Waals surface area contributed by atoms with E-state index < -0.39 is 0 Å². The first kappa shape index (κ1) is 22.2. The first-order valence-electron chi connectivity index (χ1n) is 10.9. The van der Waals surface area contributed by atoms with Crippen LogP contribution in [0, 0.1) is 0 Å². The van der Waals surface area contributed by atoms with Crippen molar-refractivity contribution in [3.8, 4) is 0 Å². The minimum atomic E-state index is -0.231. The number of carbonyl (C=O) groups excluding carboxylic acids is 2. The van der Waals surface area contributed by atoms with E-state index in [-0.39, 0.29) is 11.8 Å². The van der Waals surface area contributed by atoms with Gasteiger partial charge < -0.3 is 9.80 Å². The highest BCUT2D eigenvalue weighted by Gasteiger charge is 2.21. The molecule has 32 heavy (non-hydrogen) atoms. The number of likely N-dealkylation sites (N-methyl/N-ethyl adjacent to an activating group) is 1. The zero-order valence-electron chi connectivity index (χ0n) is 18.7. The summed E-state index contributed by atoms with van der Waals surface area (Å²) in [5.41, 5.74) is 3.68. The van der Waals surface area contributed by atoms with Gasteiger partial charge >= 0.3 is 0 Å². The maximum absolute atomic E-state index is 12.8. The number of piperazine rings is 1. The maximum atomic E-state index is 12.8. The third-order valence-corrected chi connectivity index (χ3v) is 6.62. The number of amides is 2. The van der Waals surface area contributed by atoms with E-state index >= 15 is 0 Å². The van der Waals surface area contributed by atoms with Crippen LogP contribution in [-0.2, 0) is 4.79 Å². The van der Waals surface area contributed by atoms with Crippen LogP contribution in [0.1, 0.15) is 41.3 Å². The number of carbonyl (C=O) groups is 2. The van der Waals surface area contributed by atoms with E-state index in [0.29, 0.717) is 16.6 Å². The molecular formula is C25H28N4O2S. The van der Waals surface area contributed by atoms with Crippen LogP contribution in [0.5, 0.6) is 0 Å². The summed E-state index contributed by atoms with van der Waals surface area (Å²) in [4.78, 5) is 33.8. The van der Waals surface area contributed by atoms with Gasteiger partial charge in [-0.3, -0.25) is 14.9 Å². The SMILES string of the molecule is CC(C)c1ccc(/C=C/C(=O)Nc2nc3ccc(C(=O)N4CCN(C)CC4)cc3s2)cc1. The summed E-state index contributed by atoms with van der Waals surface area (Å²) >= 11 is 1.38. The average molecular weight is 449 g/mol. The van der Waals surface area contributed by atoms with Gasteiger partial charge in [-0.25, -0.2) is 4.98 Å². The average Bonchev–Trinajstić information content (AvgIpc) is 3.19. The van der Waals surface area contributed by atoms with Gasteiger partial charge in [-0.15, -0.1) is 0 Å². The highest BCUT2D eigenvalue weighted by Crippen LogP contribution is 2.27. The molecule has 4 rings (SSSR count). The van der Waals surface area contributed by atoms with Crippen molar-refractivity contribution in [2.24, 2.45) is 0 Å². The molecule has 0 spiro atoms. The minimum absolute atomic E-state index is 0.0467. The lowest BCUT2D eigenvalue weighted by atomic mass is 10.0. The number of thiazole rings is 1. The zero-order valence-corrected chi connectivity index (χ0v) is 19.5. The molecule has 0 saturated carbocycles. The van der Waals surface area contributed by atoms with Crippen LogP contribution in [-0.4, -0.2) is 59.8 Å². The second-order valence-corrected chi connectivity index (χ2v) is 9.47. The molecule has 3 aromatic rings. The molecular weight excluding hydrogens is 420 g/mol. The van der Waals surface area contributed by atoms with Gasteiger partial charge in [-0.1, -0.05) is 49.4 Å². The van der Waals surface area contributed by atoms with Crippen LogP contribution in [0.3, 0.4) is 0 Å². The van der Waals surface area contributed by atoms with Crippen molar-refractivity contribution >= 4 is 44.6 Å². The second-order valence-electron chi connectivity index (χ2n) is 8.44. The number of rotatable bonds is 5. The van der Waals surface area contributed by atoms with Gasteiger partial charge in [0.05, 0.1) is 10.2 Å². The Labute approximate surface area is 192 Å². The predicted octanol–water partition coefficient (Wildman–Crippen LogP) is 4.46. The van der Waals surface area contributed by atoms with E-state index in [1.807, 2.05) is 35.2 Å².